The summed E-state index contributed by atoms with van der Waals surface area (Å²) >= 11 is 0. The van der Waals surface area contributed by atoms with E-state index in [1.54, 1.807) is 33.5 Å². The van der Waals surface area contributed by atoms with Crippen molar-refractivity contribution in [2.24, 2.45) is 5.92 Å². The van der Waals surface area contributed by atoms with Gasteiger partial charge in [-0.1, -0.05) is 38.1 Å². The minimum atomic E-state index is -0.659. The third-order valence-electron chi connectivity index (χ3n) is 8.51. The van der Waals surface area contributed by atoms with E-state index in [9.17, 15) is 14.4 Å². The van der Waals surface area contributed by atoms with Crippen molar-refractivity contribution in [2.45, 2.75) is 52.2 Å². The van der Waals surface area contributed by atoms with Crippen molar-refractivity contribution in [3.8, 4) is 28.4 Å². The molecule has 2 amide bonds. The van der Waals surface area contributed by atoms with E-state index in [-0.39, 0.29) is 28.8 Å². The van der Waals surface area contributed by atoms with Crippen molar-refractivity contribution >= 4 is 28.4 Å². The van der Waals surface area contributed by atoms with Crippen LogP contribution in [0.3, 0.4) is 0 Å². The first-order valence-electron chi connectivity index (χ1n) is 15.5. The molecule has 0 aliphatic heterocycles. The van der Waals surface area contributed by atoms with E-state index in [4.69, 9.17) is 14.2 Å². The Bertz CT molecular complexity index is 1810. The quantitative estimate of drug-likeness (QED) is 0.213. The number of methoxy groups -OCH3 is 3. The van der Waals surface area contributed by atoms with Crippen LogP contribution in [0.2, 0.25) is 0 Å². The molecule has 10 nitrogen and oxygen atoms in total. The maximum atomic E-state index is 13.8. The van der Waals surface area contributed by atoms with E-state index in [1.165, 1.54) is 6.92 Å². The van der Waals surface area contributed by atoms with Gasteiger partial charge >= 0.3 is 0 Å². The van der Waals surface area contributed by atoms with Gasteiger partial charge < -0.3 is 34.7 Å². The highest BCUT2D eigenvalue weighted by molar-refractivity contribution is 5.86. The molecule has 0 bridgehead atoms. The summed E-state index contributed by atoms with van der Waals surface area (Å²) in [7, 11) is 4.68. The number of ether oxygens (including phenoxy) is 3. The standard InChI is InChI=1S/C36H42N4O6/c1-21(2)33(36(43)37-16-18-40-17-15-23-9-7-8-10-29(23)40)39-28-14-12-25-26(20-30(28)42)27(38-22(3)41)13-11-24-19-31(44-4)34(45-5)35(46-6)32(24)25/h7-10,12,14-15,17,19-21,27,33H,11,13,16,18H2,1-6H3,(H,37,43)(H,38,41)(H,39,42)/t27-,33+/m0/s1. The molecule has 1 heterocycles. The Morgan fingerprint density at radius 1 is 0.978 bits per heavy atom. The van der Waals surface area contributed by atoms with E-state index >= 15 is 0 Å². The molecule has 1 aromatic heterocycles. The van der Waals surface area contributed by atoms with E-state index < -0.39 is 12.1 Å². The lowest BCUT2D eigenvalue weighted by atomic mass is 9.95. The molecule has 242 valence electrons. The van der Waals surface area contributed by atoms with Crippen molar-refractivity contribution in [2.75, 3.05) is 33.2 Å². The average Bonchev–Trinajstić information content (AvgIpc) is 3.30. The number of carbonyl (C=O) groups is 2. The maximum Gasteiger partial charge on any atom is 0.242 e. The molecule has 1 aliphatic carbocycles. The van der Waals surface area contributed by atoms with E-state index in [0.29, 0.717) is 48.7 Å². The van der Waals surface area contributed by atoms with Crippen LogP contribution in [0.5, 0.6) is 17.2 Å². The minimum absolute atomic E-state index is 0.111. The Labute approximate surface area is 269 Å². The summed E-state index contributed by atoms with van der Waals surface area (Å²) < 4.78 is 19.3. The molecule has 4 aromatic rings. The van der Waals surface area contributed by atoms with E-state index in [1.807, 2.05) is 44.3 Å². The molecule has 0 radical (unpaired) electrons. The van der Waals surface area contributed by atoms with Crippen molar-refractivity contribution in [1.82, 2.24) is 15.2 Å². The van der Waals surface area contributed by atoms with Gasteiger partial charge in [0.1, 0.15) is 6.04 Å². The number of nitrogens with one attached hydrogen (secondary N) is 3. The van der Waals surface area contributed by atoms with Crippen LogP contribution >= 0.6 is 0 Å². The molecule has 0 unspecified atom stereocenters. The number of carbonyl (C=O) groups excluding carboxylic acids is 2. The number of rotatable bonds is 11. The fourth-order valence-electron chi connectivity index (χ4n) is 6.27. The maximum absolute atomic E-state index is 13.8. The van der Waals surface area contributed by atoms with Crippen LogP contribution < -0.4 is 35.6 Å². The Hall–Kier alpha value is -4.99. The predicted octanol–water partition coefficient (Wildman–Crippen LogP) is 5.07. The molecule has 3 aromatic carbocycles. The zero-order valence-corrected chi connectivity index (χ0v) is 27.2. The van der Waals surface area contributed by atoms with Crippen LogP contribution in [0.15, 0.2) is 65.6 Å². The van der Waals surface area contributed by atoms with Crippen molar-refractivity contribution in [1.29, 1.82) is 0 Å². The highest BCUT2D eigenvalue weighted by atomic mass is 16.5. The van der Waals surface area contributed by atoms with Gasteiger partial charge in [-0.05, 0) is 71.2 Å². The molecular formula is C36H42N4O6. The molecule has 1 aliphatic rings. The monoisotopic (exact) mass is 626 g/mol. The Morgan fingerprint density at radius 3 is 2.43 bits per heavy atom. The van der Waals surface area contributed by atoms with Crippen molar-refractivity contribution < 1.29 is 23.8 Å². The van der Waals surface area contributed by atoms with Gasteiger partial charge in [0, 0.05) is 37.3 Å². The molecule has 0 spiro atoms. The average molecular weight is 627 g/mol. The highest BCUT2D eigenvalue weighted by Crippen LogP contribution is 2.50. The zero-order chi connectivity index (χ0) is 33.0. The SMILES string of the molecule is COc1cc2c(c(OC)c1OC)-c1ccc(N[C@@H](C(=O)NCCn3ccc4ccccc43)C(C)C)c(=O)cc1[C@@H](NC(C)=O)CC2. The third kappa shape index (κ3) is 6.51. The first kappa shape index (κ1) is 32.4. The Kier molecular flexibility index (Phi) is 9.84. The second kappa shape index (κ2) is 14.0. The molecule has 46 heavy (non-hydrogen) atoms. The second-order valence-corrected chi connectivity index (χ2v) is 11.8. The fourth-order valence-corrected chi connectivity index (χ4v) is 6.27. The van der Waals surface area contributed by atoms with Gasteiger partial charge in [0.2, 0.25) is 23.0 Å². The Balaban J connectivity index is 1.49. The first-order chi connectivity index (χ1) is 22.2. The molecule has 0 saturated heterocycles. The predicted molar refractivity (Wildman–Crippen MR) is 180 cm³/mol. The lowest BCUT2D eigenvalue weighted by molar-refractivity contribution is -0.122. The molecule has 2 atom stereocenters. The van der Waals surface area contributed by atoms with Gasteiger partial charge in [-0.3, -0.25) is 14.4 Å². The topological polar surface area (TPSA) is 120 Å². The van der Waals surface area contributed by atoms with E-state index in [2.05, 4.69) is 38.7 Å². The van der Waals surface area contributed by atoms with Crippen LogP contribution in [0.25, 0.3) is 22.0 Å². The zero-order valence-electron chi connectivity index (χ0n) is 27.2. The number of aryl methyl sites for hydroxylation is 1. The number of aromatic nitrogens is 1. The minimum Gasteiger partial charge on any atom is -0.493 e. The second-order valence-electron chi connectivity index (χ2n) is 11.8. The number of nitrogens with zero attached hydrogens (tertiary/aromatic N) is 1. The van der Waals surface area contributed by atoms with Gasteiger partial charge in [-0.15, -0.1) is 0 Å². The molecule has 5 rings (SSSR count). The number of hydrogen-bond acceptors (Lipinski definition) is 7. The molecule has 10 heteroatoms. The van der Waals surface area contributed by atoms with Crippen molar-refractivity contribution in [3.63, 3.8) is 0 Å². The summed E-state index contributed by atoms with van der Waals surface area (Å²) in [6.45, 7) is 6.39. The van der Waals surface area contributed by atoms with Gasteiger partial charge in [0.15, 0.2) is 11.5 Å². The third-order valence-corrected chi connectivity index (χ3v) is 8.51. The summed E-state index contributed by atoms with van der Waals surface area (Å²) in [5, 5.41) is 10.4. The van der Waals surface area contributed by atoms with Gasteiger partial charge in [0.25, 0.3) is 0 Å². The number of para-hydroxylation sites is 1. The summed E-state index contributed by atoms with van der Waals surface area (Å²) in [4.78, 5) is 39.5. The van der Waals surface area contributed by atoms with Crippen LogP contribution in [0.4, 0.5) is 5.69 Å². The molecule has 3 N–H and O–H groups in total. The number of amides is 2. The van der Waals surface area contributed by atoms with Crippen LogP contribution in [0, 0.1) is 5.92 Å². The number of hydrogen-bond donors (Lipinski definition) is 3. The van der Waals surface area contributed by atoms with Gasteiger partial charge in [-0.25, -0.2) is 0 Å². The number of fused-ring (bicyclic) bond motifs is 4. The highest BCUT2D eigenvalue weighted by Gasteiger charge is 2.30. The smallest absolute Gasteiger partial charge is 0.242 e. The lowest BCUT2D eigenvalue weighted by Gasteiger charge is -2.22. The van der Waals surface area contributed by atoms with Crippen LogP contribution in [-0.4, -0.2) is 50.3 Å². The molecule has 0 fully saturated rings. The Morgan fingerprint density at radius 2 is 1.74 bits per heavy atom. The van der Waals surface area contributed by atoms with Crippen LogP contribution in [-0.2, 0) is 22.6 Å². The number of benzene rings is 2. The lowest BCUT2D eigenvalue weighted by Crippen LogP contribution is -2.44. The summed E-state index contributed by atoms with van der Waals surface area (Å²) in [6.07, 6.45) is 3.17. The largest absolute Gasteiger partial charge is 0.493 e. The van der Waals surface area contributed by atoms with Crippen LogP contribution in [0.1, 0.15) is 44.4 Å². The van der Waals surface area contributed by atoms with Gasteiger partial charge in [0.05, 0.1) is 33.1 Å². The molecule has 0 saturated carbocycles. The normalized spacial score (nSPS) is 14.5. The first-order valence-corrected chi connectivity index (χ1v) is 15.5. The van der Waals surface area contributed by atoms with Gasteiger partial charge in [-0.2, -0.15) is 0 Å². The van der Waals surface area contributed by atoms with Crippen molar-refractivity contribution in [3.05, 3.63) is 82.1 Å². The number of anilines is 1. The fraction of sp³-hybridized carbons (Fsp3) is 0.361. The summed E-state index contributed by atoms with van der Waals surface area (Å²) in [5.74, 6) is 0.930. The summed E-state index contributed by atoms with van der Waals surface area (Å²) in [5.41, 5.74) is 4.17. The summed E-state index contributed by atoms with van der Waals surface area (Å²) in [6, 6.07) is 16.1. The van der Waals surface area contributed by atoms with E-state index in [0.717, 1.165) is 27.6 Å². The molecular weight excluding hydrogens is 584 g/mol.